The monoisotopic (exact) mass is 476 g/mol. The number of halogens is 1. The molecule has 1 aromatic carbocycles. The predicted molar refractivity (Wildman–Crippen MR) is 127 cm³/mol. The normalized spacial score (nSPS) is 13.1. The average Bonchev–Trinajstić information content (AvgIpc) is 2.76. The number of aliphatic hydroxyl groups excluding tert-OH is 1. The van der Waals surface area contributed by atoms with Crippen LogP contribution in [-0.2, 0) is 16.1 Å². The van der Waals surface area contributed by atoms with Crippen molar-refractivity contribution in [2.24, 2.45) is 10.6 Å². The fraction of sp³-hybridized carbons (Fsp3) is 0.500. The number of aromatic nitrogens is 2. The largest absolute Gasteiger partial charge is 0.496 e. The highest BCUT2D eigenvalue weighted by molar-refractivity contribution is 5.98. The van der Waals surface area contributed by atoms with Gasteiger partial charge in [-0.05, 0) is 45.0 Å². The Morgan fingerprint density at radius 2 is 1.94 bits per heavy atom. The van der Waals surface area contributed by atoms with Crippen molar-refractivity contribution in [3.05, 3.63) is 57.3 Å². The summed E-state index contributed by atoms with van der Waals surface area (Å²) < 4.78 is 19.1. The molecule has 0 fully saturated rings. The maximum atomic E-state index is 13.8. The Morgan fingerprint density at radius 1 is 1.29 bits per heavy atom. The summed E-state index contributed by atoms with van der Waals surface area (Å²) in [6.07, 6.45) is -1.47. The van der Waals surface area contributed by atoms with Gasteiger partial charge >= 0.3 is 0 Å². The number of carbonyl (C=O) groups excluding carboxylic acids is 1. The van der Waals surface area contributed by atoms with Gasteiger partial charge in [0.2, 0.25) is 5.91 Å². The Kier molecular flexibility index (Phi) is 8.55. The molecule has 0 radical (unpaired) electrons. The SMILES string of the molecule is COc1ccc(F)cc1C(O)Cc1cc(/C(C)=N/OC(C)C)c(=O)n(N(C)C(=O)C(C)(C)C)n1. The van der Waals surface area contributed by atoms with Gasteiger partial charge in [0.15, 0.2) is 0 Å². The van der Waals surface area contributed by atoms with Gasteiger partial charge in [-0.1, -0.05) is 25.9 Å². The first-order valence-electron chi connectivity index (χ1n) is 10.9. The molecular formula is C24H33FN4O5. The zero-order chi connectivity index (χ0) is 25.8. The van der Waals surface area contributed by atoms with Crippen molar-refractivity contribution in [3.8, 4) is 5.75 Å². The molecule has 0 aliphatic rings. The van der Waals surface area contributed by atoms with Gasteiger partial charge in [0.05, 0.1) is 30.2 Å². The molecule has 0 saturated carbocycles. The highest BCUT2D eigenvalue weighted by Crippen LogP contribution is 2.28. The standard InChI is InChI=1S/C24H33FN4O5/c1-14(2)34-27-15(3)18-12-17(13-20(30)19-11-16(25)9-10-21(19)33-8)26-29(22(18)31)28(7)23(32)24(4,5)6/h9-12,14,20,30H,13H2,1-8H3/b27-15+. The molecule has 1 unspecified atom stereocenters. The number of hydrogen-bond acceptors (Lipinski definition) is 7. The van der Waals surface area contributed by atoms with Crippen LogP contribution < -0.4 is 15.3 Å². The van der Waals surface area contributed by atoms with Gasteiger partial charge in [-0.15, -0.1) is 4.79 Å². The highest BCUT2D eigenvalue weighted by Gasteiger charge is 2.28. The maximum absolute atomic E-state index is 13.8. The number of oxime groups is 1. The van der Waals surface area contributed by atoms with Gasteiger partial charge in [0.25, 0.3) is 5.56 Å². The van der Waals surface area contributed by atoms with Crippen LogP contribution in [0.4, 0.5) is 4.39 Å². The molecule has 0 aliphatic heterocycles. The topological polar surface area (TPSA) is 106 Å². The smallest absolute Gasteiger partial charge is 0.295 e. The molecule has 2 rings (SSSR count). The van der Waals surface area contributed by atoms with E-state index in [0.29, 0.717) is 5.75 Å². The average molecular weight is 477 g/mol. The van der Waals surface area contributed by atoms with E-state index < -0.39 is 22.9 Å². The first-order valence-corrected chi connectivity index (χ1v) is 10.9. The van der Waals surface area contributed by atoms with Gasteiger partial charge in [0, 0.05) is 24.4 Å². The third-order valence-electron chi connectivity index (χ3n) is 4.91. The van der Waals surface area contributed by atoms with Gasteiger partial charge in [-0.3, -0.25) is 9.59 Å². The van der Waals surface area contributed by atoms with Gasteiger partial charge < -0.3 is 14.7 Å². The van der Waals surface area contributed by atoms with Crippen LogP contribution >= 0.6 is 0 Å². The number of amides is 1. The summed E-state index contributed by atoms with van der Waals surface area (Å²) >= 11 is 0. The van der Waals surface area contributed by atoms with Crippen molar-refractivity contribution >= 4 is 11.6 Å². The Labute approximate surface area is 198 Å². The minimum Gasteiger partial charge on any atom is -0.496 e. The molecule has 1 heterocycles. The molecule has 10 heteroatoms. The lowest BCUT2D eigenvalue weighted by molar-refractivity contribution is -0.127. The van der Waals surface area contributed by atoms with Crippen LogP contribution in [0.25, 0.3) is 0 Å². The Bertz CT molecular complexity index is 1120. The highest BCUT2D eigenvalue weighted by atomic mass is 19.1. The molecule has 1 aromatic heterocycles. The number of hydrogen-bond donors (Lipinski definition) is 1. The number of aliphatic hydroxyl groups is 1. The zero-order valence-electron chi connectivity index (χ0n) is 20.9. The van der Waals surface area contributed by atoms with Gasteiger partial charge in [0.1, 0.15) is 17.7 Å². The molecule has 0 aliphatic carbocycles. The molecule has 186 valence electrons. The van der Waals surface area contributed by atoms with E-state index in [4.69, 9.17) is 9.57 Å². The summed E-state index contributed by atoms with van der Waals surface area (Å²) in [7, 11) is 2.86. The molecular weight excluding hydrogens is 443 g/mol. The van der Waals surface area contributed by atoms with E-state index in [2.05, 4.69) is 10.3 Å². The van der Waals surface area contributed by atoms with E-state index in [1.54, 1.807) is 41.5 Å². The number of ether oxygens (including phenoxy) is 1. The summed E-state index contributed by atoms with van der Waals surface area (Å²) in [5, 5.41) is 20.3. The first-order chi connectivity index (χ1) is 15.8. The summed E-state index contributed by atoms with van der Waals surface area (Å²) in [6, 6.07) is 5.31. The number of rotatable bonds is 8. The van der Waals surface area contributed by atoms with Crippen molar-refractivity contribution in [2.75, 3.05) is 19.2 Å². The lowest BCUT2D eigenvalue weighted by atomic mass is 9.95. The van der Waals surface area contributed by atoms with Crippen LogP contribution in [0.3, 0.4) is 0 Å². The van der Waals surface area contributed by atoms with E-state index in [1.807, 2.05) is 0 Å². The molecule has 0 saturated heterocycles. The first kappa shape index (κ1) is 27.0. The Morgan fingerprint density at radius 3 is 2.50 bits per heavy atom. The van der Waals surface area contributed by atoms with E-state index >= 15 is 0 Å². The number of nitrogens with zero attached hydrogens (tertiary/aromatic N) is 4. The maximum Gasteiger partial charge on any atom is 0.295 e. The predicted octanol–water partition coefficient (Wildman–Crippen LogP) is 2.96. The molecule has 1 amide bonds. The zero-order valence-corrected chi connectivity index (χ0v) is 20.9. The lowest BCUT2D eigenvalue weighted by Crippen LogP contribution is -2.50. The van der Waals surface area contributed by atoms with Crippen LogP contribution in [0, 0.1) is 11.2 Å². The second-order valence-corrected chi connectivity index (χ2v) is 9.26. The molecule has 0 spiro atoms. The molecule has 1 atom stereocenters. The molecule has 34 heavy (non-hydrogen) atoms. The molecule has 0 bridgehead atoms. The second kappa shape index (κ2) is 10.8. The second-order valence-electron chi connectivity index (χ2n) is 9.26. The number of benzene rings is 1. The van der Waals surface area contributed by atoms with Crippen LogP contribution in [-0.4, -0.2) is 46.9 Å². The summed E-state index contributed by atoms with van der Waals surface area (Å²) in [5.74, 6) is -0.561. The van der Waals surface area contributed by atoms with Crippen LogP contribution in [0.1, 0.15) is 64.5 Å². The van der Waals surface area contributed by atoms with Gasteiger partial charge in [-0.25, -0.2) is 9.40 Å². The fourth-order valence-electron chi connectivity index (χ4n) is 3.17. The van der Waals surface area contributed by atoms with Crippen molar-refractivity contribution < 1.29 is 23.9 Å². The number of methoxy groups -OCH3 is 1. The Balaban J connectivity index is 2.60. The van der Waals surface area contributed by atoms with E-state index in [-0.39, 0.29) is 41.0 Å². The third-order valence-corrected chi connectivity index (χ3v) is 4.91. The third kappa shape index (κ3) is 6.40. The fourth-order valence-corrected chi connectivity index (χ4v) is 3.17. The van der Waals surface area contributed by atoms with Crippen LogP contribution in [0.5, 0.6) is 5.75 Å². The van der Waals surface area contributed by atoms with Gasteiger partial charge in [-0.2, -0.15) is 5.10 Å². The summed E-state index contributed by atoms with van der Waals surface area (Å²) in [4.78, 5) is 32.3. The van der Waals surface area contributed by atoms with Crippen molar-refractivity contribution in [1.82, 2.24) is 9.89 Å². The molecule has 9 nitrogen and oxygen atoms in total. The Hall–Kier alpha value is -3.27. The van der Waals surface area contributed by atoms with Crippen molar-refractivity contribution in [1.29, 1.82) is 0 Å². The van der Waals surface area contributed by atoms with Crippen LogP contribution in [0.2, 0.25) is 0 Å². The number of carbonyl (C=O) groups is 1. The van der Waals surface area contributed by atoms with Crippen molar-refractivity contribution in [2.45, 2.75) is 60.2 Å². The molecule has 2 aromatic rings. The van der Waals surface area contributed by atoms with E-state index in [0.717, 1.165) is 9.80 Å². The molecule has 1 N–H and O–H groups in total. The van der Waals surface area contributed by atoms with E-state index in [1.165, 1.54) is 38.4 Å². The minimum atomic E-state index is -1.19. The minimum absolute atomic E-state index is 0.0804. The van der Waals surface area contributed by atoms with Crippen molar-refractivity contribution in [3.63, 3.8) is 0 Å². The summed E-state index contributed by atoms with van der Waals surface area (Å²) in [6.45, 7) is 10.4. The summed E-state index contributed by atoms with van der Waals surface area (Å²) in [5.41, 5.74) is -0.402. The van der Waals surface area contributed by atoms with E-state index in [9.17, 15) is 19.1 Å². The van der Waals surface area contributed by atoms with Crippen LogP contribution in [0.15, 0.2) is 34.2 Å². The lowest BCUT2D eigenvalue weighted by Gasteiger charge is -2.26. The quantitative estimate of drug-likeness (QED) is 0.464.